The van der Waals surface area contributed by atoms with Crippen LogP contribution in [0.2, 0.25) is 0 Å². The largest absolute Gasteiger partial charge is 0.313 e. The summed E-state index contributed by atoms with van der Waals surface area (Å²) in [5, 5.41) is 2.77. The molecule has 5 aromatic carbocycles. The second-order valence-corrected chi connectivity index (χ2v) is 15.8. The Balaban J connectivity index is 1.12. The van der Waals surface area contributed by atoms with E-state index in [1.807, 2.05) is 11.8 Å². The van der Waals surface area contributed by atoms with Crippen LogP contribution in [0.4, 0.5) is 0 Å². The van der Waals surface area contributed by atoms with E-state index < -0.39 is 0 Å². The quantitative estimate of drug-likeness (QED) is 0.171. The Bertz CT molecular complexity index is 2480. The van der Waals surface area contributed by atoms with Crippen molar-refractivity contribution in [2.75, 3.05) is 6.26 Å². The molecule has 49 heavy (non-hydrogen) atoms. The van der Waals surface area contributed by atoms with E-state index in [4.69, 9.17) is 0 Å². The maximum absolute atomic E-state index is 2.59. The molecular formula is C47H41NS. The van der Waals surface area contributed by atoms with Gasteiger partial charge in [0, 0.05) is 26.8 Å². The minimum atomic E-state index is 0.103. The molecule has 0 radical (unpaired) electrons. The average molecular weight is 652 g/mol. The summed E-state index contributed by atoms with van der Waals surface area (Å²) in [5.74, 6) is 0. The molecule has 0 amide bonds. The second-order valence-electron chi connectivity index (χ2n) is 15.0. The van der Waals surface area contributed by atoms with Gasteiger partial charge in [0.1, 0.15) is 0 Å². The Morgan fingerprint density at radius 1 is 0.633 bits per heavy atom. The van der Waals surface area contributed by atoms with Crippen molar-refractivity contribution in [2.45, 2.75) is 69.1 Å². The van der Waals surface area contributed by atoms with Gasteiger partial charge in [-0.3, -0.25) is 0 Å². The summed E-state index contributed by atoms with van der Waals surface area (Å²) in [7, 11) is 0. The van der Waals surface area contributed by atoms with Gasteiger partial charge in [-0.2, -0.15) is 0 Å². The molecule has 6 aromatic rings. The standard InChI is InChI=1S/C47H41NS/c1-47(2)41-19-8-6-14-35(41)39-27-40-36-15-7-9-20-43(36)48(44(40)28-42(39)47)31-24-22-29(23-25-31)46-37(18-11-21-45(46)49-3)34-17-10-16-33-32-13-5-4-12-30(32)26-38(33)34/h4-5,7,9-13,15-18,20-22,24,27-28H,6,8,14,19,23,25-26H2,1-3H3. The molecule has 1 aromatic heterocycles. The monoisotopic (exact) mass is 651 g/mol. The van der Waals surface area contributed by atoms with Crippen LogP contribution in [0.1, 0.15) is 80.2 Å². The van der Waals surface area contributed by atoms with Gasteiger partial charge >= 0.3 is 0 Å². The highest BCUT2D eigenvalue weighted by atomic mass is 32.2. The third-order valence-electron chi connectivity index (χ3n) is 12.2. The van der Waals surface area contributed by atoms with Crippen LogP contribution < -0.4 is 0 Å². The van der Waals surface area contributed by atoms with Crippen molar-refractivity contribution in [1.29, 1.82) is 0 Å². The number of allylic oxidation sites excluding steroid dienone is 6. The fourth-order valence-corrected chi connectivity index (χ4v) is 10.5. The number of para-hydroxylation sites is 1. The lowest BCUT2D eigenvalue weighted by Gasteiger charge is -2.27. The highest BCUT2D eigenvalue weighted by molar-refractivity contribution is 7.98. The number of nitrogens with zero attached hydrogens (tertiary/aromatic N) is 1. The molecule has 0 saturated carbocycles. The summed E-state index contributed by atoms with van der Waals surface area (Å²) in [6.45, 7) is 4.93. The van der Waals surface area contributed by atoms with Crippen LogP contribution in [0.15, 0.2) is 120 Å². The van der Waals surface area contributed by atoms with Gasteiger partial charge < -0.3 is 4.57 Å². The van der Waals surface area contributed by atoms with E-state index in [2.05, 4.69) is 134 Å². The molecule has 0 atom stereocenters. The summed E-state index contributed by atoms with van der Waals surface area (Å²) in [5.41, 5.74) is 21.9. The Morgan fingerprint density at radius 3 is 2.24 bits per heavy atom. The highest BCUT2D eigenvalue weighted by Gasteiger charge is 2.39. The van der Waals surface area contributed by atoms with Gasteiger partial charge in [-0.15, -0.1) is 11.8 Å². The third-order valence-corrected chi connectivity index (χ3v) is 12.9. The van der Waals surface area contributed by atoms with E-state index in [9.17, 15) is 0 Å². The number of hydrogen-bond donors (Lipinski definition) is 0. The molecule has 1 heterocycles. The topological polar surface area (TPSA) is 4.93 Å². The molecule has 240 valence electrons. The molecule has 2 heteroatoms. The van der Waals surface area contributed by atoms with E-state index in [1.54, 1.807) is 11.1 Å². The third kappa shape index (κ3) is 4.26. The first-order chi connectivity index (χ1) is 24.0. The maximum atomic E-state index is 2.59. The van der Waals surface area contributed by atoms with E-state index in [0.29, 0.717) is 0 Å². The van der Waals surface area contributed by atoms with Crippen molar-refractivity contribution in [3.05, 3.63) is 143 Å². The number of fused-ring (bicyclic) bond motifs is 8. The minimum Gasteiger partial charge on any atom is -0.313 e. The van der Waals surface area contributed by atoms with Crippen molar-refractivity contribution in [2.24, 2.45) is 0 Å². The van der Waals surface area contributed by atoms with Crippen LogP contribution in [-0.2, 0) is 11.8 Å². The molecule has 0 bridgehead atoms. The van der Waals surface area contributed by atoms with Crippen LogP contribution in [0.5, 0.6) is 0 Å². The normalized spacial score (nSPS) is 17.5. The smallest absolute Gasteiger partial charge is 0.0541 e. The van der Waals surface area contributed by atoms with Gasteiger partial charge in [0.2, 0.25) is 0 Å². The SMILES string of the molecule is CSc1cccc(-c2cccc3c2Cc2ccccc2-3)c1C1=CC=C(n2c3ccccc3c3cc4c(cc32)C(C)(C)C2=C4CCCC2)CC1. The second kappa shape index (κ2) is 11.0. The lowest BCUT2D eigenvalue weighted by molar-refractivity contribution is 0.574. The molecular weight excluding hydrogens is 611 g/mol. The minimum absolute atomic E-state index is 0.103. The van der Waals surface area contributed by atoms with E-state index in [1.165, 1.54) is 114 Å². The van der Waals surface area contributed by atoms with E-state index >= 15 is 0 Å². The fraction of sp³-hybridized carbons (Fsp3) is 0.234. The molecule has 10 rings (SSSR count). The predicted octanol–water partition coefficient (Wildman–Crippen LogP) is 13.1. The van der Waals surface area contributed by atoms with Crippen molar-refractivity contribution >= 4 is 50.4 Å². The predicted molar refractivity (Wildman–Crippen MR) is 211 cm³/mol. The van der Waals surface area contributed by atoms with Crippen LogP contribution in [0, 0.1) is 0 Å². The zero-order valence-corrected chi connectivity index (χ0v) is 29.5. The average Bonchev–Trinajstić information content (AvgIpc) is 3.76. The summed E-state index contributed by atoms with van der Waals surface area (Å²) < 4.78 is 2.59. The molecule has 0 saturated heterocycles. The molecule has 0 unspecified atom stereocenters. The van der Waals surface area contributed by atoms with E-state index in [0.717, 1.165) is 19.3 Å². The van der Waals surface area contributed by atoms with Crippen molar-refractivity contribution in [3.8, 4) is 22.3 Å². The van der Waals surface area contributed by atoms with Crippen molar-refractivity contribution in [3.63, 3.8) is 0 Å². The first-order valence-electron chi connectivity index (χ1n) is 18.1. The van der Waals surface area contributed by atoms with Crippen molar-refractivity contribution < 1.29 is 0 Å². The molecule has 0 aliphatic heterocycles. The molecule has 0 N–H and O–H groups in total. The van der Waals surface area contributed by atoms with Crippen LogP contribution in [0.25, 0.3) is 60.9 Å². The summed E-state index contributed by atoms with van der Waals surface area (Å²) >= 11 is 1.87. The van der Waals surface area contributed by atoms with Gasteiger partial charge in [0.05, 0.1) is 11.0 Å². The fourth-order valence-electron chi connectivity index (χ4n) is 9.83. The molecule has 0 spiro atoms. The highest BCUT2D eigenvalue weighted by Crippen LogP contribution is 2.54. The molecule has 4 aliphatic rings. The lowest BCUT2D eigenvalue weighted by Crippen LogP contribution is -2.18. The molecule has 4 aliphatic carbocycles. The Hall–Kier alpha value is -4.53. The summed E-state index contributed by atoms with van der Waals surface area (Å²) in [6, 6.07) is 37.0. The molecule has 1 nitrogen and oxygen atoms in total. The maximum Gasteiger partial charge on any atom is 0.0541 e. The summed E-state index contributed by atoms with van der Waals surface area (Å²) in [4.78, 5) is 1.36. The first-order valence-corrected chi connectivity index (χ1v) is 19.3. The van der Waals surface area contributed by atoms with Gasteiger partial charge in [-0.1, -0.05) is 98.3 Å². The zero-order valence-electron chi connectivity index (χ0n) is 28.7. The summed E-state index contributed by atoms with van der Waals surface area (Å²) in [6.07, 6.45) is 15.2. The van der Waals surface area contributed by atoms with Gasteiger partial charge in [-0.05, 0) is 143 Å². The first kappa shape index (κ1) is 29.4. The zero-order chi connectivity index (χ0) is 32.9. The number of hydrogen-bond acceptors (Lipinski definition) is 1. The lowest BCUT2D eigenvalue weighted by atomic mass is 9.77. The Labute approximate surface area is 294 Å². The number of thioether (sulfide) groups is 1. The number of benzene rings is 5. The number of rotatable bonds is 4. The van der Waals surface area contributed by atoms with Gasteiger partial charge in [0.25, 0.3) is 0 Å². The Morgan fingerprint density at radius 2 is 1.39 bits per heavy atom. The van der Waals surface area contributed by atoms with E-state index in [-0.39, 0.29) is 5.41 Å². The number of aromatic nitrogens is 1. The van der Waals surface area contributed by atoms with Gasteiger partial charge in [-0.25, -0.2) is 0 Å². The van der Waals surface area contributed by atoms with Crippen LogP contribution in [-0.4, -0.2) is 10.8 Å². The van der Waals surface area contributed by atoms with Gasteiger partial charge in [0.15, 0.2) is 0 Å². The van der Waals surface area contributed by atoms with Crippen LogP contribution in [0.3, 0.4) is 0 Å². The van der Waals surface area contributed by atoms with Crippen LogP contribution >= 0.6 is 11.8 Å². The molecule has 0 fully saturated rings. The Kier molecular flexibility index (Phi) is 6.59. The van der Waals surface area contributed by atoms with Crippen molar-refractivity contribution in [1.82, 2.24) is 4.57 Å².